The standard InChI is InChI=1S/C13H18O3.C13H14O3.CH4O.CH4/c2*1-16-13(15)10-12-7-4-6-11(9-12)5-2-3-8-14;1-2;/h4,6-7,9,14H,2-3,5,8,10H2,1H3;4,6-7,9,14H,3,8,10H2,1H3;2H,1H3;1H4. The van der Waals surface area contributed by atoms with Crippen LogP contribution in [0.25, 0.3) is 0 Å². The highest BCUT2D eigenvalue weighted by molar-refractivity contribution is 5.72. The molecular weight excluding hydrogens is 448 g/mol. The maximum absolute atomic E-state index is 11.1. The number of carbonyl (C=O) groups is 2. The number of esters is 2. The fourth-order valence-electron chi connectivity index (χ4n) is 2.79. The normalized spacial score (nSPS) is 8.97. The largest absolute Gasteiger partial charge is 0.469 e. The molecule has 7 nitrogen and oxygen atoms in total. The zero-order valence-electron chi connectivity index (χ0n) is 20.3. The number of ether oxygens (including phenoxy) is 2. The Hall–Kier alpha value is -3.18. The van der Waals surface area contributed by atoms with Crippen LogP contribution in [0.1, 0.15) is 48.9 Å². The van der Waals surface area contributed by atoms with E-state index in [-0.39, 0.29) is 39.0 Å². The molecule has 2 rings (SSSR count). The Balaban J connectivity index is 0. The first-order valence-electron chi connectivity index (χ1n) is 11.0. The second-order valence-corrected chi connectivity index (χ2v) is 6.98. The average Bonchev–Trinajstić information content (AvgIpc) is 2.86. The highest BCUT2D eigenvalue weighted by Crippen LogP contribution is 2.10. The van der Waals surface area contributed by atoms with Crippen molar-refractivity contribution >= 4 is 11.9 Å². The molecule has 0 amide bonds. The Morgan fingerprint density at radius 1 is 0.800 bits per heavy atom. The summed E-state index contributed by atoms with van der Waals surface area (Å²) in [4.78, 5) is 22.2. The summed E-state index contributed by atoms with van der Waals surface area (Å²) in [5.74, 6) is 5.27. The van der Waals surface area contributed by atoms with Crippen LogP contribution in [-0.2, 0) is 38.3 Å². The zero-order chi connectivity index (χ0) is 25.6. The van der Waals surface area contributed by atoms with Crippen molar-refractivity contribution in [2.24, 2.45) is 0 Å². The number of rotatable bonds is 9. The predicted octanol–water partition coefficient (Wildman–Crippen LogP) is 3.10. The van der Waals surface area contributed by atoms with Gasteiger partial charge in [-0.15, -0.1) is 0 Å². The molecule has 35 heavy (non-hydrogen) atoms. The van der Waals surface area contributed by atoms with E-state index < -0.39 is 0 Å². The monoisotopic (exact) mass is 488 g/mol. The van der Waals surface area contributed by atoms with Gasteiger partial charge in [-0.05, 0) is 48.1 Å². The summed E-state index contributed by atoms with van der Waals surface area (Å²) in [6, 6.07) is 15.4. The third-order valence-electron chi connectivity index (χ3n) is 4.41. The van der Waals surface area contributed by atoms with Crippen molar-refractivity contribution in [3.8, 4) is 11.8 Å². The number of aliphatic hydroxyl groups is 3. The molecule has 194 valence electrons. The van der Waals surface area contributed by atoms with Crippen LogP contribution in [0.4, 0.5) is 0 Å². The molecule has 2 aromatic carbocycles. The number of aliphatic hydroxyl groups excluding tert-OH is 3. The van der Waals surface area contributed by atoms with Crippen molar-refractivity contribution in [1.29, 1.82) is 0 Å². The van der Waals surface area contributed by atoms with Gasteiger partial charge in [-0.3, -0.25) is 9.59 Å². The van der Waals surface area contributed by atoms with Crippen LogP contribution in [0.15, 0.2) is 48.5 Å². The lowest BCUT2D eigenvalue weighted by Gasteiger charge is -2.04. The van der Waals surface area contributed by atoms with Crippen LogP contribution < -0.4 is 0 Å². The number of aryl methyl sites for hydroxylation is 1. The summed E-state index contributed by atoms with van der Waals surface area (Å²) < 4.78 is 9.21. The molecular formula is C28H40O7. The van der Waals surface area contributed by atoms with Crippen LogP contribution in [0.3, 0.4) is 0 Å². The molecule has 0 aliphatic heterocycles. The Labute approximate surface area is 209 Å². The van der Waals surface area contributed by atoms with Crippen LogP contribution in [0, 0.1) is 11.8 Å². The first-order valence-corrected chi connectivity index (χ1v) is 11.0. The first-order chi connectivity index (χ1) is 16.5. The minimum atomic E-state index is -0.263. The molecule has 0 bridgehead atoms. The lowest BCUT2D eigenvalue weighted by atomic mass is 10.0. The second-order valence-electron chi connectivity index (χ2n) is 6.98. The highest BCUT2D eigenvalue weighted by atomic mass is 16.5. The quantitative estimate of drug-likeness (QED) is 0.282. The van der Waals surface area contributed by atoms with E-state index in [1.54, 1.807) is 0 Å². The molecule has 0 radical (unpaired) electrons. The summed E-state index contributed by atoms with van der Waals surface area (Å²) in [5.41, 5.74) is 3.90. The maximum atomic E-state index is 11.1. The van der Waals surface area contributed by atoms with Crippen molar-refractivity contribution in [2.45, 2.75) is 46.0 Å². The molecule has 0 fully saturated rings. The van der Waals surface area contributed by atoms with Gasteiger partial charge in [-0.1, -0.05) is 55.7 Å². The fourth-order valence-corrected chi connectivity index (χ4v) is 2.79. The number of carbonyl (C=O) groups excluding carboxylic acids is 2. The molecule has 0 saturated heterocycles. The molecule has 2 aromatic rings. The van der Waals surface area contributed by atoms with Gasteiger partial charge in [0.1, 0.15) is 0 Å². The van der Waals surface area contributed by atoms with Gasteiger partial charge in [0.25, 0.3) is 0 Å². The minimum Gasteiger partial charge on any atom is -0.469 e. The zero-order valence-corrected chi connectivity index (χ0v) is 20.3. The second kappa shape index (κ2) is 22.6. The molecule has 0 heterocycles. The van der Waals surface area contributed by atoms with Crippen molar-refractivity contribution in [3.05, 3.63) is 70.8 Å². The van der Waals surface area contributed by atoms with E-state index in [0.29, 0.717) is 12.8 Å². The molecule has 0 aliphatic rings. The molecule has 0 aromatic heterocycles. The Kier molecular flexibility index (Phi) is 22.0. The number of unbranched alkanes of at least 4 members (excludes halogenated alkanes) is 1. The van der Waals surface area contributed by atoms with Crippen molar-refractivity contribution in [1.82, 2.24) is 0 Å². The van der Waals surface area contributed by atoms with Crippen LogP contribution in [-0.4, -0.2) is 61.8 Å². The fraction of sp³-hybridized carbons (Fsp3) is 0.429. The van der Waals surface area contributed by atoms with Gasteiger partial charge in [0.15, 0.2) is 0 Å². The molecule has 7 heteroatoms. The average molecular weight is 489 g/mol. The van der Waals surface area contributed by atoms with E-state index in [0.717, 1.165) is 43.1 Å². The van der Waals surface area contributed by atoms with Gasteiger partial charge in [0.05, 0.1) is 33.7 Å². The van der Waals surface area contributed by atoms with Gasteiger partial charge >= 0.3 is 11.9 Å². The number of benzene rings is 2. The van der Waals surface area contributed by atoms with E-state index >= 15 is 0 Å². The minimum absolute atomic E-state index is 0. The molecule has 3 N–H and O–H groups in total. The maximum Gasteiger partial charge on any atom is 0.309 e. The van der Waals surface area contributed by atoms with Gasteiger partial charge in [-0.2, -0.15) is 0 Å². The van der Waals surface area contributed by atoms with E-state index in [4.69, 9.17) is 15.3 Å². The summed E-state index contributed by atoms with van der Waals surface area (Å²) in [5, 5.41) is 24.3. The van der Waals surface area contributed by atoms with Crippen molar-refractivity contribution in [2.75, 3.05) is 34.5 Å². The van der Waals surface area contributed by atoms with Crippen LogP contribution in [0.5, 0.6) is 0 Å². The SMILES string of the molecule is C.CO.COC(=O)Cc1cccc(C#CCCO)c1.COC(=O)Cc1cccc(CCCCO)c1. The third kappa shape index (κ3) is 17.0. The summed E-state index contributed by atoms with van der Waals surface area (Å²) in [6.45, 7) is 0.302. The topological polar surface area (TPSA) is 113 Å². The van der Waals surface area contributed by atoms with Crippen molar-refractivity contribution < 1.29 is 34.4 Å². The molecule has 0 aliphatic carbocycles. The molecule has 0 spiro atoms. The van der Waals surface area contributed by atoms with E-state index in [9.17, 15) is 9.59 Å². The van der Waals surface area contributed by atoms with Crippen LogP contribution in [0.2, 0.25) is 0 Å². The molecule has 0 saturated carbocycles. The molecule has 0 atom stereocenters. The Morgan fingerprint density at radius 3 is 1.89 bits per heavy atom. The summed E-state index contributed by atoms with van der Waals surface area (Å²) >= 11 is 0. The number of hydrogen-bond donors (Lipinski definition) is 3. The van der Waals surface area contributed by atoms with Crippen molar-refractivity contribution in [3.63, 3.8) is 0 Å². The van der Waals surface area contributed by atoms with Gasteiger partial charge in [-0.25, -0.2) is 0 Å². The van der Waals surface area contributed by atoms with Gasteiger partial charge < -0.3 is 24.8 Å². The van der Waals surface area contributed by atoms with E-state index in [1.807, 2.05) is 48.5 Å². The lowest BCUT2D eigenvalue weighted by Crippen LogP contribution is -2.04. The number of methoxy groups -OCH3 is 2. The highest BCUT2D eigenvalue weighted by Gasteiger charge is 2.03. The van der Waals surface area contributed by atoms with E-state index in [1.165, 1.54) is 19.8 Å². The third-order valence-corrected chi connectivity index (χ3v) is 4.41. The summed E-state index contributed by atoms with van der Waals surface area (Å²) in [7, 11) is 3.76. The molecule has 0 unspecified atom stereocenters. The first kappa shape index (κ1) is 34.0. The van der Waals surface area contributed by atoms with Gasteiger partial charge in [0.2, 0.25) is 0 Å². The smallest absolute Gasteiger partial charge is 0.309 e. The Morgan fingerprint density at radius 2 is 1.34 bits per heavy atom. The number of hydrogen-bond acceptors (Lipinski definition) is 7. The van der Waals surface area contributed by atoms with Gasteiger partial charge in [0, 0.05) is 25.7 Å². The predicted molar refractivity (Wildman–Crippen MR) is 138 cm³/mol. The van der Waals surface area contributed by atoms with Crippen LogP contribution >= 0.6 is 0 Å². The Bertz CT molecular complexity index is 897. The summed E-state index contributed by atoms with van der Waals surface area (Å²) in [6.07, 6.45) is 3.77. The van der Waals surface area contributed by atoms with E-state index in [2.05, 4.69) is 21.3 Å². The lowest BCUT2D eigenvalue weighted by molar-refractivity contribution is -0.140.